The van der Waals surface area contributed by atoms with E-state index in [9.17, 15) is 19.4 Å². The number of phosphoric acid groups is 1. The molecule has 0 saturated heterocycles. The molecule has 3 atom stereocenters. The molecule has 0 aromatic carbocycles. The van der Waals surface area contributed by atoms with Crippen LogP contribution >= 0.6 is 7.82 Å². The number of nitrogens with zero attached hydrogens (tertiary/aromatic N) is 1. The molecule has 0 rings (SSSR count). The Balaban J connectivity index is 3.89. The molecule has 0 heterocycles. The number of nitrogens with one attached hydrogen (secondary N) is 1. The van der Waals surface area contributed by atoms with E-state index < -0.39 is 20.0 Å². The molecule has 9 heteroatoms. The molecular weight excluding hydrogens is 984 g/mol. The fraction of sp³-hybridized carbons (Fsp3) is 0.928. The van der Waals surface area contributed by atoms with E-state index in [1.165, 1.54) is 302 Å². The first-order chi connectivity index (χ1) is 38.0. The Hall–Kier alpha value is -1.02. The molecule has 0 radical (unpaired) electrons. The summed E-state index contributed by atoms with van der Waals surface area (Å²) < 4.78 is 23.7. The molecule has 0 spiro atoms. The molecule has 0 saturated carbocycles. The van der Waals surface area contributed by atoms with Gasteiger partial charge < -0.3 is 19.8 Å². The van der Waals surface area contributed by atoms with Crippen molar-refractivity contribution in [3.8, 4) is 0 Å². The summed E-state index contributed by atoms with van der Waals surface area (Å²) in [7, 11) is 1.57. The Morgan fingerprint density at radius 2 is 0.705 bits per heavy atom. The van der Waals surface area contributed by atoms with Gasteiger partial charge in [-0.1, -0.05) is 346 Å². The number of phosphoric ester groups is 1. The van der Waals surface area contributed by atoms with Crippen LogP contribution in [0.25, 0.3) is 0 Å². The molecular formula is C69H138N2O6P+. The van der Waals surface area contributed by atoms with Crippen molar-refractivity contribution in [1.29, 1.82) is 0 Å². The number of unbranched alkanes of at least 4 members (excludes halogenated alkanes) is 50. The minimum Gasteiger partial charge on any atom is -0.387 e. The summed E-state index contributed by atoms with van der Waals surface area (Å²) in [6.45, 7) is 4.85. The number of amides is 1. The molecule has 464 valence electrons. The standard InChI is InChI=1S/C69H137N2O6P/c1-6-8-10-12-14-16-18-20-22-24-25-26-27-28-29-30-31-32-33-34-35-36-37-38-39-40-41-42-43-44-45-47-49-51-53-55-57-59-61-63-69(73)70-67(66-77-78(74,75)76-65-64-71(3,4)5)68(72)62-60-58-56-54-52-50-48-46-23-21-19-17-15-13-11-9-7-2/h52,54,60,62,67-68,72H,6-51,53,55-59,61,63-66H2,1-5H3,(H-,70,73,74,75)/p+1/b54-52+,62-60+. The smallest absolute Gasteiger partial charge is 0.387 e. The number of carbonyl (C=O) groups is 1. The number of hydrogen-bond donors (Lipinski definition) is 3. The number of hydrogen-bond acceptors (Lipinski definition) is 5. The van der Waals surface area contributed by atoms with Crippen LogP contribution in [0.4, 0.5) is 0 Å². The van der Waals surface area contributed by atoms with Crippen molar-refractivity contribution in [2.75, 3.05) is 40.9 Å². The molecule has 3 unspecified atom stereocenters. The van der Waals surface area contributed by atoms with E-state index >= 15 is 0 Å². The average Bonchev–Trinajstić information content (AvgIpc) is 3.41. The summed E-state index contributed by atoms with van der Waals surface area (Å²) in [5.41, 5.74) is 0. The maximum absolute atomic E-state index is 13.0. The third-order valence-corrected chi connectivity index (χ3v) is 17.2. The van der Waals surface area contributed by atoms with Crippen molar-refractivity contribution in [3.63, 3.8) is 0 Å². The Kier molecular flexibility index (Phi) is 59.8. The Morgan fingerprint density at radius 3 is 1.03 bits per heavy atom. The van der Waals surface area contributed by atoms with Gasteiger partial charge in [0.15, 0.2) is 0 Å². The summed E-state index contributed by atoms with van der Waals surface area (Å²) in [4.78, 5) is 23.3. The first kappa shape index (κ1) is 77.0. The molecule has 0 aromatic heterocycles. The van der Waals surface area contributed by atoms with Crippen LogP contribution in [-0.4, -0.2) is 73.4 Å². The highest BCUT2D eigenvalue weighted by molar-refractivity contribution is 7.47. The van der Waals surface area contributed by atoms with Gasteiger partial charge in [0.05, 0.1) is 39.9 Å². The number of likely N-dealkylation sites (N-methyl/N-ethyl adjacent to an activating group) is 1. The molecule has 3 N–H and O–H groups in total. The van der Waals surface area contributed by atoms with Crippen molar-refractivity contribution in [2.24, 2.45) is 0 Å². The monoisotopic (exact) mass is 1120 g/mol. The quantitative estimate of drug-likeness (QED) is 0.0243. The highest BCUT2D eigenvalue weighted by atomic mass is 31.2. The number of quaternary nitrogens is 1. The van der Waals surface area contributed by atoms with E-state index in [2.05, 4.69) is 31.3 Å². The lowest BCUT2D eigenvalue weighted by molar-refractivity contribution is -0.870. The topological polar surface area (TPSA) is 105 Å². The van der Waals surface area contributed by atoms with Gasteiger partial charge in [0.25, 0.3) is 0 Å². The molecule has 0 bridgehead atoms. The van der Waals surface area contributed by atoms with Crippen molar-refractivity contribution >= 4 is 13.7 Å². The maximum Gasteiger partial charge on any atom is 0.472 e. The Morgan fingerprint density at radius 1 is 0.423 bits per heavy atom. The lowest BCUT2D eigenvalue weighted by Crippen LogP contribution is -2.45. The minimum absolute atomic E-state index is 0.0589. The van der Waals surface area contributed by atoms with Crippen LogP contribution in [0, 0.1) is 0 Å². The average molecular weight is 1120 g/mol. The predicted molar refractivity (Wildman–Crippen MR) is 342 cm³/mol. The van der Waals surface area contributed by atoms with Gasteiger partial charge in [-0.25, -0.2) is 4.57 Å². The van der Waals surface area contributed by atoms with E-state index in [-0.39, 0.29) is 19.1 Å². The largest absolute Gasteiger partial charge is 0.472 e. The van der Waals surface area contributed by atoms with Crippen LogP contribution in [0.5, 0.6) is 0 Å². The van der Waals surface area contributed by atoms with Gasteiger partial charge in [-0.15, -0.1) is 0 Å². The van der Waals surface area contributed by atoms with Crippen LogP contribution < -0.4 is 5.32 Å². The molecule has 78 heavy (non-hydrogen) atoms. The molecule has 8 nitrogen and oxygen atoms in total. The van der Waals surface area contributed by atoms with Gasteiger partial charge >= 0.3 is 7.82 Å². The molecule has 0 aliphatic rings. The third-order valence-electron chi connectivity index (χ3n) is 16.2. The number of allylic oxidation sites excluding steroid dienone is 3. The van der Waals surface area contributed by atoms with Gasteiger partial charge in [0, 0.05) is 6.42 Å². The first-order valence-electron chi connectivity index (χ1n) is 34.7. The van der Waals surface area contributed by atoms with Crippen LogP contribution in [0.2, 0.25) is 0 Å². The molecule has 0 fully saturated rings. The van der Waals surface area contributed by atoms with Crippen LogP contribution in [0.3, 0.4) is 0 Å². The van der Waals surface area contributed by atoms with Crippen LogP contribution in [0.15, 0.2) is 24.3 Å². The van der Waals surface area contributed by atoms with Crippen molar-refractivity contribution < 1.29 is 32.9 Å². The molecule has 0 aliphatic carbocycles. The Labute approximate surface area is 487 Å². The summed E-state index contributed by atoms with van der Waals surface area (Å²) >= 11 is 0. The fourth-order valence-corrected chi connectivity index (χ4v) is 11.5. The summed E-state index contributed by atoms with van der Waals surface area (Å²) in [6, 6.07) is -0.861. The Bertz CT molecular complexity index is 1320. The zero-order chi connectivity index (χ0) is 57.0. The summed E-state index contributed by atoms with van der Waals surface area (Å²) in [6.07, 6.45) is 79.2. The highest BCUT2D eigenvalue weighted by Crippen LogP contribution is 2.43. The van der Waals surface area contributed by atoms with Gasteiger partial charge in [0.1, 0.15) is 13.2 Å². The van der Waals surface area contributed by atoms with Crippen LogP contribution in [0.1, 0.15) is 361 Å². The zero-order valence-corrected chi connectivity index (χ0v) is 54.1. The highest BCUT2D eigenvalue weighted by Gasteiger charge is 2.28. The van der Waals surface area contributed by atoms with Gasteiger partial charge in [-0.2, -0.15) is 0 Å². The molecule has 0 aromatic rings. The predicted octanol–water partition coefficient (Wildman–Crippen LogP) is 21.9. The second-order valence-electron chi connectivity index (χ2n) is 25.3. The summed E-state index contributed by atoms with van der Waals surface area (Å²) in [5.74, 6) is -0.179. The second-order valence-corrected chi connectivity index (χ2v) is 26.7. The summed E-state index contributed by atoms with van der Waals surface area (Å²) in [5, 5.41) is 13.9. The zero-order valence-electron chi connectivity index (χ0n) is 53.2. The lowest BCUT2D eigenvalue weighted by atomic mass is 10.0. The number of carbonyl (C=O) groups excluding carboxylic acids is 1. The number of rotatable bonds is 65. The van der Waals surface area contributed by atoms with E-state index in [1.807, 2.05) is 27.2 Å². The number of aliphatic hydroxyl groups is 1. The second kappa shape index (κ2) is 60.6. The van der Waals surface area contributed by atoms with E-state index in [0.29, 0.717) is 17.4 Å². The van der Waals surface area contributed by atoms with Crippen molar-refractivity contribution in [3.05, 3.63) is 24.3 Å². The van der Waals surface area contributed by atoms with Gasteiger partial charge in [-0.05, 0) is 32.1 Å². The van der Waals surface area contributed by atoms with Gasteiger partial charge in [-0.3, -0.25) is 13.8 Å². The fourth-order valence-electron chi connectivity index (χ4n) is 10.8. The van der Waals surface area contributed by atoms with Crippen molar-refractivity contribution in [1.82, 2.24) is 5.32 Å². The minimum atomic E-state index is -4.35. The normalized spacial score (nSPS) is 13.8. The van der Waals surface area contributed by atoms with Crippen molar-refractivity contribution in [2.45, 2.75) is 373 Å². The van der Waals surface area contributed by atoms with E-state index in [1.54, 1.807) is 6.08 Å². The van der Waals surface area contributed by atoms with Gasteiger partial charge in [0.2, 0.25) is 5.91 Å². The van der Waals surface area contributed by atoms with E-state index in [4.69, 9.17) is 9.05 Å². The van der Waals surface area contributed by atoms with E-state index in [0.717, 1.165) is 38.5 Å². The molecule has 0 aliphatic heterocycles. The third kappa shape index (κ3) is 62.6. The first-order valence-corrected chi connectivity index (χ1v) is 36.2. The maximum atomic E-state index is 13.0. The number of aliphatic hydroxyl groups excluding tert-OH is 1. The SMILES string of the molecule is CCCCCCCCCCCCC/C=C/CC/C=C/C(O)C(COP(=O)(O)OCC[N+](C)(C)C)NC(=O)CCCCCCCCCCCCCCCCCCCCCCCCCCCCCCCCCCCCCCCCC. The molecule has 1 amide bonds. The lowest BCUT2D eigenvalue weighted by Gasteiger charge is -2.25. The van der Waals surface area contributed by atoms with Crippen LogP contribution in [-0.2, 0) is 18.4 Å².